The highest BCUT2D eigenvalue weighted by Crippen LogP contribution is 2.24. The lowest BCUT2D eigenvalue weighted by Crippen LogP contribution is -2.42. The Labute approximate surface area is 156 Å². The van der Waals surface area contributed by atoms with Crippen LogP contribution in [0.4, 0.5) is 8.78 Å². The number of aromatic nitrogens is 2. The van der Waals surface area contributed by atoms with Gasteiger partial charge in [0, 0.05) is 6.04 Å². The van der Waals surface area contributed by atoms with Crippen molar-refractivity contribution in [1.82, 2.24) is 14.9 Å². The Morgan fingerprint density at radius 3 is 2.85 bits per heavy atom. The highest BCUT2D eigenvalue weighted by Gasteiger charge is 2.23. The maximum atomic E-state index is 13.5. The van der Waals surface area contributed by atoms with E-state index < -0.39 is 6.55 Å². The van der Waals surface area contributed by atoms with Gasteiger partial charge in [0.1, 0.15) is 5.71 Å². The number of carbonyl (C=O) groups is 1. The smallest absolute Gasteiger partial charge is 0.320 e. The van der Waals surface area contributed by atoms with Crippen LogP contribution in [0.15, 0.2) is 29.4 Å². The number of amides is 1. The molecule has 1 saturated carbocycles. The monoisotopic (exact) mass is 378 g/mol. The zero-order valence-corrected chi connectivity index (χ0v) is 15.5. The molecule has 1 aromatic carbocycles. The summed E-state index contributed by atoms with van der Waals surface area (Å²) in [6.45, 7) is 0.646. The van der Waals surface area contributed by atoms with Gasteiger partial charge in [0.25, 0.3) is 5.91 Å². The minimum absolute atomic E-state index is 0.0208. The van der Waals surface area contributed by atoms with E-state index in [2.05, 4.69) is 22.4 Å². The fourth-order valence-corrected chi connectivity index (χ4v) is 3.50. The molecule has 1 aliphatic rings. The van der Waals surface area contributed by atoms with Crippen LogP contribution in [0.5, 0.6) is 0 Å². The molecule has 1 fully saturated rings. The Morgan fingerprint density at radius 2 is 2.11 bits per heavy atom. The number of para-hydroxylation sites is 2. The number of benzene rings is 1. The summed E-state index contributed by atoms with van der Waals surface area (Å²) in [5.41, 5.74) is 0.956. The van der Waals surface area contributed by atoms with Gasteiger partial charge in [0.2, 0.25) is 0 Å². The molecule has 0 aliphatic heterocycles. The number of nitrogens with one attached hydrogen (secondary N) is 1. The fraction of sp³-hybridized carbons (Fsp3) is 0.526. The third-order valence-corrected chi connectivity index (χ3v) is 4.97. The normalized spacial score (nSPS) is 20.9. The molecule has 1 amide bonds. The van der Waals surface area contributed by atoms with E-state index in [1.807, 2.05) is 0 Å². The first-order valence-electron chi connectivity index (χ1n) is 9.18. The van der Waals surface area contributed by atoms with E-state index in [0.717, 1.165) is 23.8 Å². The van der Waals surface area contributed by atoms with Crippen molar-refractivity contribution in [2.45, 2.75) is 52.1 Å². The van der Waals surface area contributed by atoms with Gasteiger partial charge < -0.3 is 10.2 Å². The van der Waals surface area contributed by atoms with Crippen molar-refractivity contribution in [1.29, 1.82) is 0 Å². The third kappa shape index (κ3) is 4.43. The largest absolute Gasteiger partial charge is 0.385 e. The van der Waals surface area contributed by atoms with E-state index in [1.54, 1.807) is 24.3 Å². The van der Waals surface area contributed by atoms with Gasteiger partial charge in [-0.1, -0.05) is 37.1 Å². The highest BCUT2D eigenvalue weighted by molar-refractivity contribution is 5.98. The third-order valence-electron chi connectivity index (χ3n) is 4.97. The first-order valence-corrected chi connectivity index (χ1v) is 9.18. The lowest BCUT2D eigenvalue weighted by molar-refractivity contribution is -0.126. The number of nitrogens with zero attached hydrogens (tertiary/aromatic N) is 3. The minimum atomic E-state index is -2.76. The van der Waals surface area contributed by atoms with Gasteiger partial charge >= 0.3 is 6.55 Å². The Kier molecular flexibility index (Phi) is 6.03. The quantitative estimate of drug-likeness (QED) is 0.613. The summed E-state index contributed by atoms with van der Waals surface area (Å²) in [7, 11) is 0. The SMILES string of the molecule is C/C(=N/OCC(=O)N[C@H]1CCCC[C@@H]1C)c1nc2ccccc2n1C(F)F. The fourth-order valence-electron chi connectivity index (χ4n) is 3.50. The molecular weight excluding hydrogens is 354 g/mol. The summed E-state index contributed by atoms with van der Waals surface area (Å²) in [5.74, 6) is 0.207. The van der Waals surface area contributed by atoms with Gasteiger partial charge in [-0.3, -0.25) is 9.36 Å². The topological polar surface area (TPSA) is 68.5 Å². The van der Waals surface area contributed by atoms with Gasteiger partial charge in [-0.25, -0.2) is 4.98 Å². The number of alkyl halides is 2. The summed E-state index contributed by atoms with van der Waals surface area (Å²) in [5, 5.41) is 6.78. The molecule has 0 radical (unpaired) electrons. The summed E-state index contributed by atoms with van der Waals surface area (Å²) >= 11 is 0. The zero-order valence-electron chi connectivity index (χ0n) is 15.5. The minimum Gasteiger partial charge on any atom is -0.385 e. The molecule has 146 valence electrons. The molecule has 1 aliphatic carbocycles. The number of carbonyl (C=O) groups excluding carboxylic acids is 1. The van der Waals surface area contributed by atoms with Gasteiger partial charge in [0.05, 0.1) is 11.0 Å². The zero-order chi connectivity index (χ0) is 19.4. The lowest BCUT2D eigenvalue weighted by Gasteiger charge is -2.29. The van der Waals surface area contributed by atoms with Crippen LogP contribution in [-0.2, 0) is 9.63 Å². The van der Waals surface area contributed by atoms with Crippen LogP contribution in [0.1, 0.15) is 51.9 Å². The number of rotatable bonds is 6. The van der Waals surface area contributed by atoms with Gasteiger partial charge in [-0.2, -0.15) is 8.78 Å². The second kappa shape index (κ2) is 8.45. The second-order valence-electron chi connectivity index (χ2n) is 6.96. The van der Waals surface area contributed by atoms with E-state index in [0.29, 0.717) is 17.0 Å². The van der Waals surface area contributed by atoms with Crippen molar-refractivity contribution in [3.05, 3.63) is 30.1 Å². The van der Waals surface area contributed by atoms with Crippen molar-refractivity contribution in [3.63, 3.8) is 0 Å². The van der Waals surface area contributed by atoms with Gasteiger partial charge in [-0.15, -0.1) is 0 Å². The second-order valence-corrected chi connectivity index (χ2v) is 6.96. The van der Waals surface area contributed by atoms with Crippen molar-refractivity contribution < 1.29 is 18.4 Å². The van der Waals surface area contributed by atoms with E-state index in [-0.39, 0.29) is 30.1 Å². The number of oxime groups is 1. The summed E-state index contributed by atoms with van der Waals surface area (Å²) < 4.78 is 27.7. The molecule has 3 rings (SSSR count). The molecule has 0 saturated heterocycles. The predicted molar refractivity (Wildman–Crippen MR) is 98.7 cm³/mol. The number of hydrogen-bond acceptors (Lipinski definition) is 4. The predicted octanol–water partition coefficient (Wildman–Crippen LogP) is 3.87. The number of hydrogen-bond donors (Lipinski definition) is 1. The molecule has 0 unspecified atom stereocenters. The lowest BCUT2D eigenvalue weighted by atomic mass is 9.86. The number of fused-ring (bicyclic) bond motifs is 1. The van der Waals surface area contributed by atoms with Gasteiger partial charge in [-0.05, 0) is 37.8 Å². The first-order chi connectivity index (χ1) is 13.0. The molecule has 1 aromatic heterocycles. The summed E-state index contributed by atoms with van der Waals surface area (Å²) in [4.78, 5) is 21.3. The van der Waals surface area contributed by atoms with Crippen LogP contribution in [0.2, 0.25) is 0 Å². The molecule has 1 heterocycles. The van der Waals surface area contributed by atoms with Crippen molar-refractivity contribution in [3.8, 4) is 0 Å². The Bertz CT molecular complexity index is 834. The van der Waals surface area contributed by atoms with Crippen LogP contribution in [0, 0.1) is 5.92 Å². The standard InChI is InChI=1S/C19H24F2N4O2/c1-12-7-3-4-8-14(12)22-17(26)11-27-24-13(2)18-23-15-9-5-6-10-16(15)25(18)19(20)21/h5-6,9-10,12,14,19H,3-4,7-8,11H2,1-2H3,(H,22,26)/b24-13-/t12-,14-/m0/s1. The molecule has 27 heavy (non-hydrogen) atoms. The van der Waals surface area contributed by atoms with Crippen molar-refractivity contribution in [2.24, 2.45) is 11.1 Å². The Hall–Kier alpha value is -2.51. The average molecular weight is 378 g/mol. The number of imidazole rings is 1. The van der Waals surface area contributed by atoms with E-state index >= 15 is 0 Å². The van der Waals surface area contributed by atoms with Crippen molar-refractivity contribution >= 4 is 22.7 Å². The van der Waals surface area contributed by atoms with Crippen molar-refractivity contribution in [2.75, 3.05) is 6.61 Å². The van der Waals surface area contributed by atoms with Gasteiger partial charge in [0.15, 0.2) is 12.4 Å². The van der Waals surface area contributed by atoms with E-state index in [4.69, 9.17) is 4.84 Å². The Balaban J connectivity index is 1.65. The van der Waals surface area contributed by atoms with E-state index in [9.17, 15) is 13.6 Å². The first kappa shape index (κ1) is 19.3. The summed E-state index contributed by atoms with van der Waals surface area (Å²) in [6.07, 6.45) is 4.37. The molecule has 0 spiro atoms. The van der Waals surface area contributed by atoms with Crippen LogP contribution >= 0.6 is 0 Å². The van der Waals surface area contributed by atoms with Crippen LogP contribution in [0.25, 0.3) is 11.0 Å². The van der Waals surface area contributed by atoms with Crippen LogP contribution in [0.3, 0.4) is 0 Å². The van der Waals surface area contributed by atoms with Crippen LogP contribution in [-0.4, -0.2) is 33.8 Å². The maximum Gasteiger partial charge on any atom is 0.320 e. The molecular formula is C19H24F2N4O2. The summed E-state index contributed by atoms with van der Waals surface area (Å²) in [6, 6.07) is 6.79. The number of halogens is 2. The molecule has 2 atom stereocenters. The molecule has 6 nitrogen and oxygen atoms in total. The van der Waals surface area contributed by atoms with E-state index in [1.165, 1.54) is 13.3 Å². The molecule has 8 heteroatoms. The van der Waals surface area contributed by atoms with Crippen LogP contribution < -0.4 is 5.32 Å². The molecule has 0 bridgehead atoms. The average Bonchev–Trinajstić information content (AvgIpc) is 3.03. The Morgan fingerprint density at radius 1 is 1.37 bits per heavy atom. The molecule has 2 aromatic rings. The maximum absolute atomic E-state index is 13.5. The molecule has 1 N–H and O–H groups in total. The highest BCUT2D eigenvalue weighted by atomic mass is 19.3.